The largest absolute Gasteiger partial charge is 0.340 e. The molecule has 0 spiro atoms. The van der Waals surface area contributed by atoms with E-state index in [0.29, 0.717) is 12.0 Å². The van der Waals surface area contributed by atoms with Gasteiger partial charge in [-0.15, -0.1) is 0 Å². The maximum Gasteiger partial charge on any atom is 0.251 e. The molecular weight excluding hydrogens is 312 g/mol. The van der Waals surface area contributed by atoms with Crippen molar-refractivity contribution in [2.45, 2.75) is 12.5 Å². The van der Waals surface area contributed by atoms with Gasteiger partial charge in [0, 0.05) is 24.7 Å². The van der Waals surface area contributed by atoms with E-state index >= 15 is 0 Å². The smallest absolute Gasteiger partial charge is 0.251 e. The van der Waals surface area contributed by atoms with Gasteiger partial charge in [-0.3, -0.25) is 9.59 Å². The molecular formula is C21H18N2O2. The zero-order chi connectivity index (χ0) is 17.4. The molecule has 124 valence electrons. The summed E-state index contributed by atoms with van der Waals surface area (Å²) in [7, 11) is 1.76. The average Bonchev–Trinajstić information content (AvgIpc) is 2.66. The second-order valence-corrected chi connectivity index (χ2v) is 6.28. The number of nitrogens with zero attached hydrogens (tertiary/aromatic N) is 1. The fourth-order valence-corrected chi connectivity index (χ4v) is 3.44. The van der Waals surface area contributed by atoms with Gasteiger partial charge in [0.25, 0.3) is 5.91 Å². The fourth-order valence-electron chi connectivity index (χ4n) is 3.44. The number of hydrogen-bond acceptors (Lipinski definition) is 2. The molecule has 1 heterocycles. The van der Waals surface area contributed by atoms with E-state index in [0.717, 1.165) is 22.0 Å². The summed E-state index contributed by atoms with van der Waals surface area (Å²) in [5, 5.41) is 5.15. The molecule has 0 aliphatic carbocycles. The van der Waals surface area contributed by atoms with Crippen LogP contribution in [0.2, 0.25) is 0 Å². The molecule has 4 heteroatoms. The van der Waals surface area contributed by atoms with E-state index in [9.17, 15) is 9.59 Å². The molecule has 1 aliphatic heterocycles. The quantitative estimate of drug-likeness (QED) is 0.785. The van der Waals surface area contributed by atoms with Gasteiger partial charge in [-0.1, -0.05) is 48.5 Å². The Balaban J connectivity index is 1.69. The van der Waals surface area contributed by atoms with Gasteiger partial charge in [0.1, 0.15) is 6.04 Å². The van der Waals surface area contributed by atoms with Crippen LogP contribution in [0.5, 0.6) is 0 Å². The van der Waals surface area contributed by atoms with Crippen molar-refractivity contribution in [1.82, 2.24) is 5.32 Å². The minimum Gasteiger partial charge on any atom is -0.340 e. The summed E-state index contributed by atoms with van der Waals surface area (Å²) in [6, 6.07) is 20.5. The molecule has 0 aromatic heterocycles. The number of carbonyl (C=O) groups is 2. The van der Waals surface area contributed by atoms with Crippen molar-refractivity contribution < 1.29 is 9.59 Å². The first kappa shape index (κ1) is 15.4. The Bertz CT molecular complexity index is 966. The van der Waals surface area contributed by atoms with Crippen LogP contribution in [0.15, 0.2) is 66.7 Å². The molecule has 1 aliphatic rings. The van der Waals surface area contributed by atoms with E-state index in [4.69, 9.17) is 0 Å². The van der Waals surface area contributed by atoms with Gasteiger partial charge < -0.3 is 10.2 Å². The van der Waals surface area contributed by atoms with Gasteiger partial charge in [-0.25, -0.2) is 0 Å². The highest BCUT2D eigenvalue weighted by Crippen LogP contribution is 2.33. The first-order valence-corrected chi connectivity index (χ1v) is 8.29. The maximum atomic E-state index is 12.7. The molecule has 0 fully saturated rings. The molecule has 25 heavy (non-hydrogen) atoms. The molecule has 0 radical (unpaired) electrons. The second kappa shape index (κ2) is 6.06. The summed E-state index contributed by atoms with van der Waals surface area (Å²) < 4.78 is 0. The third-order valence-corrected chi connectivity index (χ3v) is 4.76. The number of anilines is 1. The van der Waals surface area contributed by atoms with Crippen LogP contribution in [0.25, 0.3) is 10.8 Å². The van der Waals surface area contributed by atoms with Crippen molar-refractivity contribution in [1.29, 1.82) is 0 Å². The van der Waals surface area contributed by atoms with Crippen LogP contribution in [-0.2, 0) is 11.2 Å². The number of benzene rings is 3. The lowest BCUT2D eigenvalue weighted by molar-refractivity contribution is -0.120. The Labute approximate surface area is 146 Å². The standard InChI is InChI=1S/C21H18N2O2/c1-23-19-12-11-14-7-5-6-10-16(14)17(19)13-18(21(23)25)22-20(24)15-8-3-2-4-9-15/h2-12,18H,13H2,1H3,(H,22,24). The first-order chi connectivity index (χ1) is 12.1. The minimum absolute atomic E-state index is 0.0907. The fraction of sp³-hybridized carbons (Fsp3) is 0.143. The molecule has 2 amide bonds. The predicted molar refractivity (Wildman–Crippen MR) is 98.8 cm³/mol. The molecule has 0 bridgehead atoms. The number of nitrogens with one attached hydrogen (secondary N) is 1. The summed E-state index contributed by atoms with van der Waals surface area (Å²) in [6.45, 7) is 0. The third kappa shape index (κ3) is 2.66. The summed E-state index contributed by atoms with van der Waals surface area (Å²) in [5.74, 6) is -0.317. The van der Waals surface area contributed by atoms with Gasteiger partial charge in [-0.05, 0) is 34.5 Å². The van der Waals surface area contributed by atoms with Crippen LogP contribution in [0.1, 0.15) is 15.9 Å². The highest BCUT2D eigenvalue weighted by atomic mass is 16.2. The molecule has 3 aromatic rings. The predicted octanol–water partition coefficient (Wildman–Crippen LogP) is 3.16. The molecule has 1 atom stereocenters. The Morgan fingerprint density at radius 2 is 1.72 bits per heavy atom. The monoisotopic (exact) mass is 330 g/mol. The van der Waals surface area contributed by atoms with E-state index < -0.39 is 6.04 Å². The molecule has 0 saturated heterocycles. The Kier molecular flexibility index (Phi) is 3.73. The van der Waals surface area contributed by atoms with Crippen LogP contribution in [-0.4, -0.2) is 24.9 Å². The van der Waals surface area contributed by atoms with Crippen LogP contribution < -0.4 is 10.2 Å². The van der Waals surface area contributed by atoms with Crippen molar-refractivity contribution in [3.05, 3.63) is 77.9 Å². The van der Waals surface area contributed by atoms with Crippen LogP contribution in [0.4, 0.5) is 5.69 Å². The highest BCUT2D eigenvalue weighted by Gasteiger charge is 2.32. The number of carbonyl (C=O) groups excluding carboxylic acids is 2. The summed E-state index contributed by atoms with van der Waals surface area (Å²) in [4.78, 5) is 26.8. The van der Waals surface area contributed by atoms with Gasteiger partial charge in [-0.2, -0.15) is 0 Å². The normalized spacial score (nSPS) is 16.6. The zero-order valence-corrected chi connectivity index (χ0v) is 13.9. The van der Waals surface area contributed by atoms with Crippen LogP contribution in [0.3, 0.4) is 0 Å². The highest BCUT2D eigenvalue weighted by molar-refractivity contribution is 6.06. The third-order valence-electron chi connectivity index (χ3n) is 4.76. The number of fused-ring (bicyclic) bond motifs is 3. The summed E-state index contributed by atoms with van der Waals surface area (Å²) in [5.41, 5.74) is 2.56. The Morgan fingerprint density at radius 1 is 1.00 bits per heavy atom. The van der Waals surface area contributed by atoms with E-state index in [-0.39, 0.29) is 11.8 Å². The van der Waals surface area contributed by atoms with Crippen LogP contribution in [0, 0.1) is 0 Å². The Hall–Kier alpha value is -3.14. The van der Waals surface area contributed by atoms with Gasteiger partial charge in [0.15, 0.2) is 0 Å². The van der Waals surface area contributed by atoms with Gasteiger partial charge in [0.2, 0.25) is 5.91 Å². The zero-order valence-electron chi connectivity index (χ0n) is 13.9. The van der Waals surface area contributed by atoms with E-state index in [1.54, 1.807) is 24.1 Å². The number of hydrogen-bond donors (Lipinski definition) is 1. The molecule has 4 rings (SSSR count). The Morgan fingerprint density at radius 3 is 2.52 bits per heavy atom. The first-order valence-electron chi connectivity index (χ1n) is 8.29. The number of likely N-dealkylation sites (N-methyl/N-ethyl adjacent to an activating group) is 1. The summed E-state index contributed by atoms with van der Waals surface area (Å²) >= 11 is 0. The topological polar surface area (TPSA) is 49.4 Å². The second-order valence-electron chi connectivity index (χ2n) is 6.28. The van der Waals surface area contributed by atoms with Crippen LogP contribution >= 0.6 is 0 Å². The number of rotatable bonds is 2. The van der Waals surface area contributed by atoms with Crippen molar-refractivity contribution in [2.24, 2.45) is 0 Å². The van der Waals surface area contributed by atoms with Gasteiger partial charge in [0.05, 0.1) is 0 Å². The lowest BCUT2D eigenvalue weighted by Crippen LogP contribution is -2.51. The number of amides is 2. The van der Waals surface area contributed by atoms with E-state index in [1.165, 1.54) is 0 Å². The van der Waals surface area contributed by atoms with Gasteiger partial charge >= 0.3 is 0 Å². The lowest BCUT2D eigenvalue weighted by Gasteiger charge is -2.32. The molecule has 3 aromatic carbocycles. The van der Waals surface area contributed by atoms with E-state index in [1.807, 2.05) is 42.5 Å². The SMILES string of the molecule is CN1C(=O)C(NC(=O)c2ccccc2)Cc2c1ccc1ccccc21. The lowest BCUT2D eigenvalue weighted by atomic mass is 9.92. The van der Waals surface area contributed by atoms with E-state index in [2.05, 4.69) is 17.4 Å². The molecule has 1 N–H and O–H groups in total. The maximum absolute atomic E-state index is 12.7. The average molecular weight is 330 g/mol. The minimum atomic E-state index is -0.559. The van der Waals surface area contributed by atoms with Crippen molar-refractivity contribution >= 4 is 28.3 Å². The molecule has 4 nitrogen and oxygen atoms in total. The molecule has 1 unspecified atom stereocenters. The van der Waals surface area contributed by atoms with Crippen molar-refractivity contribution in [3.63, 3.8) is 0 Å². The van der Waals surface area contributed by atoms with Crippen molar-refractivity contribution in [2.75, 3.05) is 11.9 Å². The molecule has 0 saturated carbocycles. The van der Waals surface area contributed by atoms with Crippen molar-refractivity contribution in [3.8, 4) is 0 Å². The summed E-state index contributed by atoms with van der Waals surface area (Å²) in [6.07, 6.45) is 0.498.